The zero-order valence-electron chi connectivity index (χ0n) is 8.89. The Morgan fingerprint density at radius 1 is 1.40 bits per heavy atom. The Morgan fingerprint density at radius 3 is 2.27 bits per heavy atom. The number of hydrogen-bond acceptors (Lipinski definition) is 2. The number of hydrogen-bond donors (Lipinski definition) is 1. The minimum Gasteiger partial charge on any atom is -0.324 e. The Morgan fingerprint density at radius 2 is 1.93 bits per heavy atom. The molecule has 0 fully saturated rings. The predicted molar refractivity (Wildman–Crippen MR) is 50.4 cm³/mol. The summed E-state index contributed by atoms with van der Waals surface area (Å²) < 4.78 is 37.5. The van der Waals surface area contributed by atoms with Crippen molar-refractivity contribution in [3.63, 3.8) is 0 Å². The lowest BCUT2D eigenvalue weighted by Crippen LogP contribution is -2.20. The summed E-state index contributed by atoms with van der Waals surface area (Å²) in [4.78, 5) is 0. The van der Waals surface area contributed by atoms with E-state index in [9.17, 15) is 13.2 Å². The summed E-state index contributed by atoms with van der Waals surface area (Å²) in [5, 5.41) is 3.83. The average molecular weight is 221 g/mol. The highest BCUT2D eigenvalue weighted by molar-refractivity contribution is 5.27. The van der Waals surface area contributed by atoms with Crippen LogP contribution in [-0.4, -0.2) is 16.0 Å². The van der Waals surface area contributed by atoms with Gasteiger partial charge in [-0.25, -0.2) is 0 Å². The van der Waals surface area contributed by atoms with E-state index < -0.39 is 12.7 Å². The summed E-state index contributed by atoms with van der Waals surface area (Å²) in [7, 11) is 0. The molecule has 0 unspecified atom stereocenters. The molecule has 0 aromatic carbocycles. The standard InChI is InChI=1S/C9H14F3N3/c1-5(13)8-6(2)14-15(7(8)3)4-9(10,11)12/h5H,4,13H2,1-3H3/t5-/m0/s1. The third-order valence-electron chi connectivity index (χ3n) is 2.22. The molecule has 0 aliphatic rings. The van der Waals surface area contributed by atoms with Gasteiger partial charge in [0.1, 0.15) is 6.54 Å². The van der Waals surface area contributed by atoms with E-state index >= 15 is 0 Å². The summed E-state index contributed by atoms with van der Waals surface area (Å²) in [6, 6.07) is -0.299. The van der Waals surface area contributed by atoms with Gasteiger partial charge in [0.2, 0.25) is 0 Å². The van der Waals surface area contributed by atoms with E-state index in [0.717, 1.165) is 4.68 Å². The summed E-state index contributed by atoms with van der Waals surface area (Å²) in [6.07, 6.45) is -4.25. The lowest BCUT2D eigenvalue weighted by molar-refractivity contribution is -0.142. The first-order valence-corrected chi connectivity index (χ1v) is 4.58. The molecule has 2 N–H and O–H groups in total. The zero-order valence-corrected chi connectivity index (χ0v) is 8.89. The van der Waals surface area contributed by atoms with Gasteiger partial charge in [-0.05, 0) is 20.8 Å². The van der Waals surface area contributed by atoms with Gasteiger partial charge >= 0.3 is 6.18 Å². The van der Waals surface area contributed by atoms with Crippen LogP contribution < -0.4 is 5.73 Å². The maximum atomic E-state index is 12.2. The Kier molecular flexibility index (Phi) is 3.08. The number of alkyl halides is 3. The molecule has 15 heavy (non-hydrogen) atoms. The zero-order chi connectivity index (χ0) is 11.8. The summed E-state index contributed by atoms with van der Waals surface area (Å²) >= 11 is 0. The van der Waals surface area contributed by atoms with E-state index in [1.165, 1.54) is 0 Å². The lowest BCUT2D eigenvalue weighted by atomic mass is 10.1. The molecule has 0 radical (unpaired) electrons. The molecule has 1 heterocycles. The molecule has 86 valence electrons. The molecule has 0 aliphatic carbocycles. The fourth-order valence-corrected chi connectivity index (χ4v) is 1.69. The SMILES string of the molecule is Cc1nn(CC(F)(F)F)c(C)c1[C@H](C)N. The quantitative estimate of drug-likeness (QED) is 0.830. The van der Waals surface area contributed by atoms with Crippen LogP contribution in [-0.2, 0) is 6.54 Å². The monoisotopic (exact) mass is 221 g/mol. The third kappa shape index (κ3) is 2.71. The molecule has 1 aromatic heterocycles. The van der Waals surface area contributed by atoms with E-state index in [0.29, 0.717) is 17.0 Å². The fraction of sp³-hybridized carbons (Fsp3) is 0.667. The number of aryl methyl sites for hydroxylation is 1. The summed E-state index contributed by atoms with van der Waals surface area (Å²) in [5.74, 6) is 0. The molecule has 0 bridgehead atoms. The molecule has 0 saturated heterocycles. The summed E-state index contributed by atoms with van der Waals surface area (Å²) in [6.45, 7) is 3.93. The highest BCUT2D eigenvalue weighted by Gasteiger charge is 2.30. The second kappa shape index (κ2) is 3.84. The van der Waals surface area contributed by atoms with Crippen LogP contribution in [0.1, 0.15) is 29.9 Å². The van der Waals surface area contributed by atoms with Crippen molar-refractivity contribution in [3.05, 3.63) is 17.0 Å². The number of rotatable bonds is 2. The van der Waals surface area contributed by atoms with Crippen molar-refractivity contribution in [3.8, 4) is 0 Å². The number of aromatic nitrogens is 2. The molecule has 0 amide bonds. The first-order chi connectivity index (χ1) is 6.72. The number of nitrogens with zero attached hydrogens (tertiary/aromatic N) is 2. The second-order valence-corrected chi connectivity index (χ2v) is 3.65. The van der Waals surface area contributed by atoms with Crippen LogP contribution >= 0.6 is 0 Å². The van der Waals surface area contributed by atoms with Crippen molar-refractivity contribution in [2.24, 2.45) is 5.73 Å². The Labute approximate surface area is 86.1 Å². The first kappa shape index (κ1) is 12.0. The summed E-state index contributed by atoms with van der Waals surface area (Å²) in [5.41, 5.74) is 7.40. The molecule has 0 saturated carbocycles. The normalized spacial score (nSPS) is 14.3. The molecule has 1 rings (SSSR count). The molecule has 6 heteroatoms. The molecule has 0 aliphatic heterocycles. The van der Waals surface area contributed by atoms with Crippen molar-refractivity contribution in [1.29, 1.82) is 0 Å². The van der Waals surface area contributed by atoms with Crippen molar-refractivity contribution in [2.45, 2.75) is 39.5 Å². The van der Waals surface area contributed by atoms with Gasteiger partial charge in [0.05, 0.1) is 5.69 Å². The van der Waals surface area contributed by atoms with E-state index in [1.54, 1.807) is 20.8 Å². The predicted octanol–water partition coefficient (Wildman–Crippen LogP) is 2.08. The van der Waals surface area contributed by atoms with Crippen molar-refractivity contribution in [1.82, 2.24) is 9.78 Å². The Bertz CT molecular complexity index is 352. The van der Waals surface area contributed by atoms with Crippen molar-refractivity contribution >= 4 is 0 Å². The molecule has 0 spiro atoms. The lowest BCUT2D eigenvalue weighted by Gasteiger charge is -2.09. The van der Waals surface area contributed by atoms with Crippen LogP contribution in [0.5, 0.6) is 0 Å². The Hall–Kier alpha value is -1.04. The highest BCUT2D eigenvalue weighted by Crippen LogP contribution is 2.23. The number of nitrogens with two attached hydrogens (primary N) is 1. The smallest absolute Gasteiger partial charge is 0.324 e. The topological polar surface area (TPSA) is 43.8 Å². The molecule has 1 atom stereocenters. The number of halogens is 3. The van der Waals surface area contributed by atoms with Gasteiger partial charge in [-0.3, -0.25) is 4.68 Å². The highest BCUT2D eigenvalue weighted by atomic mass is 19.4. The minimum atomic E-state index is -4.25. The van der Waals surface area contributed by atoms with E-state index in [2.05, 4.69) is 5.10 Å². The molecule has 3 nitrogen and oxygen atoms in total. The van der Waals surface area contributed by atoms with E-state index in [1.807, 2.05) is 0 Å². The van der Waals surface area contributed by atoms with Crippen LogP contribution in [0, 0.1) is 13.8 Å². The second-order valence-electron chi connectivity index (χ2n) is 3.65. The minimum absolute atomic E-state index is 0.299. The fourth-order valence-electron chi connectivity index (χ4n) is 1.69. The van der Waals surface area contributed by atoms with Crippen molar-refractivity contribution in [2.75, 3.05) is 0 Å². The molecular weight excluding hydrogens is 207 g/mol. The van der Waals surface area contributed by atoms with Crippen LogP contribution in [0.25, 0.3) is 0 Å². The van der Waals surface area contributed by atoms with Crippen LogP contribution in [0.3, 0.4) is 0 Å². The van der Waals surface area contributed by atoms with E-state index in [-0.39, 0.29) is 6.04 Å². The van der Waals surface area contributed by atoms with Crippen LogP contribution in [0.2, 0.25) is 0 Å². The van der Waals surface area contributed by atoms with E-state index in [4.69, 9.17) is 5.73 Å². The van der Waals surface area contributed by atoms with Gasteiger partial charge in [0, 0.05) is 17.3 Å². The Balaban J connectivity index is 3.07. The van der Waals surface area contributed by atoms with Crippen molar-refractivity contribution < 1.29 is 13.2 Å². The molecular formula is C9H14F3N3. The van der Waals surface area contributed by atoms with Gasteiger partial charge in [0.15, 0.2) is 0 Å². The van der Waals surface area contributed by atoms with Gasteiger partial charge in [-0.2, -0.15) is 18.3 Å². The maximum absolute atomic E-state index is 12.2. The van der Waals surface area contributed by atoms with Gasteiger partial charge in [-0.1, -0.05) is 0 Å². The van der Waals surface area contributed by atoms with Gasteiger partial charge in [0.25, 0.3) is 0 Å². The maximum Gasteiger partial charge on any atom is 0.408 e. The van der Waals surface area contributed by atoms with Gasteiger partial charge < -0.3 is 5.73 Å². The van der Waals surface area contributed by atoms with Crippen LogP contribution in [0.4, 0.5) is 13.2 Å². The molecule has 1 aromatic rings. The van der Waals surface area contributed by atoms with Crippen LogP contribution in [0.15, 0.2) is 0 Å². The average Bonchev–Trinajstić information content (AvgIpc) is 2.23. The van der Waals surface area contributed by atoms with Gasteiger partial charge in [-0.15, -0.1) is 0 Å². The largest absolute Gasteiger partial charge is 0.408 e. The first-order valence-electron chi connectivity index (χ1n) is 4.58. The third-order valence-corrected chi connectivity index (χ3v) is 2.22.